The molecule has 0 spiro atoms. The number of fused-ring (bicyclic) bond motifs is 9. The number of hydrogen-bond donors (Lipinski definition) is 0. The van der Waals surface area contributed by atoms with E-state index in [0.717, 1.165) is 0 Å². The Morgan fingerprint density at radius 1 is 1.20 bits per heavy atom. The number of nitriles is 1. The lowest BCUT2D eigenvalue weighted by Gasteiger charge is -2.33. The molecular formula is C12H12ClNO. The zero-order chi connectivity index (χ0) is 10.2. The molecule has 78 valence electrons. The van der Waals surface area contributed by atoms with E-state index < -0.39 is 0 Å². The second-order valence-electron chi connectivity index (χ2n) is 5.27. The van der Waals surface area contributed by atoms with Crippen LogP contribution >= 0.6 is 11.6 Å². The summed E-state index contributed by atoms with van der Waals surface area (Å²) in [6.45, 7) is 0. The molecule has 3 heteroatoms. The molecule has 0 amide bonds. The number of rotatable bonds is 0. The van der Waals surface area contributed by atoms with Crippen LogP contribution in [0.2, 0.25) is 0 Å². The maximum Gasteiger partial charge on any atom is 0.0917 e. The molecule has 0 aromatic heterocycles. The first-order valence-corrected chi connectivity index (χ1v) is 6.12. The van der Waals surface area contributed by atoms with Crippen molar-refractivity contribution in [2.45, 2.75) is 24.0 Å². The fourth-order valence-electron chi connectivity index (χ4n) is 4.33. The van der Waals surface area contributed by atoms with Crippen molar-refractivity contribution < 1.29 is 4.74 Å². The monoisotopic (exact) mass is 221 g/mol. The Morgan fingerprint density at radius 2 is 1.87 bits per heavy atom. The Balaban J connectivity index is 1.77. The molecule has 1 saturated carbocycles. The predicted molar refractivity (Wildman–Crippen MR) is 55.1 cm³/mol. The summed E-state index contributed by atoms with van der Waals surface area (Å²) >= 11 is 6.31. The third kappa shape index (κ3) is 0.822. The Hall–Kier alpha value is -0.520. The van der Waals surface area contributed by atoms with Crippen molar-refractivity contribution in [1.82, 2.24) is 0 Å². The van der Waals surface area contributed by atoms with E-state index in [9.17, 15) is 0 Å². The Kier molecular flexibility index (Phi) is 1.49. The quantitative estimate of drug-likeness (QED) is 0.463. The second-order valence-corrected chi connectivity index (χ2v) is 5.77. The summed E-state index contributed by atoms with van der Waals surface area (Å²) < 4.78 is 5.94. The molecule has 2 aliphatic heterocycles. The van der Waals surface area contributed by atoms with Crippen molar-refractivity contribution in [3.05, 3.63) is 12.2 Å². The van der Waals surface area contributed by atoms with Crippen LogP contribution in [0.3, 0.4) is 0 Å². The van der Waals surface area contributed by atoms with Crippen LogP contribution in [0.25, 0.3) is 0 Å². The first-order chi connectivity index (χ1) is 7.31. The van der Waals surface area contributed by atoms with Crippen LogP contribution in [0, 0.1) is 40.9 Å². The minimum Gasteiger partial charge on any atom is -0.371 e. The van der Waals surface area contributed by atoms with Gasteiger partial charge in [0.2, 0.25) is 0 Å². The molecule has 8 unspecified atom stereocenters. The summed E-state index contributed by atoms with van der Waals surface area (Å²) in [6, 6.07) is 2.34. The van der Waals surface area contributed by atoms with E-state index in [4.69, 9.17) is 21.6 Å². The molecule has 0 aromatic carbocycles. The third-order valence-electron chi connectivity index (χ3n) is 4.82. The van der Waals surface area contributed by atoms with E-state index in [0.29, 0.717) is 23.7 Å². The summed E-state index contributed by atoms with van der Waals surface area (Å²) in [6.07, 6.45) is 6.20. The smallest absolute Gasteiger partial charge is 0.0917 e. The second kappa shape index (κ2) is 2.59. The number of allylic oxidation sites excluding steroid dienone is 2. The van der Waals surface area contributed by atoms with Crippen LogP contribution in [0.1, 0.15) is 6.42 Å². The maximum atomic E-state index is 9.12. The Morgan fingerprint density at radius 3 is 2.53 bits per heavy atom. The van der Waals surface area contributed by atoms with Gasteiger partial charge in [0.05, 0.1) is 29.6 Å². The zero-order valence-electron chi connectivity index (χ0n) is 8.21. The van der Waals surface area contributed by atoms with Crippen LogP contribution < -0.4 is 0 Å². The number of nitrogens with zero attached hydrogens (tertiary/aromatic N) is 1. The lowest BCUT2D eigenvalue weighted by Crippen LogP contribution is -2.41. The summed E-state index contributed by atoms with van der Waals surface area (Å²) in [4.78, 5) is 0. The SMILES string of the molecule is N#CC1C(Cl)C2OC1C1C3C=CC(C3)C21. The lowest BCUT2D eigenvalue weighted by atomic mass is 9.69. The van der Waals surface area contributed by atoms with E-state index in [1.807, 2.05) is 0 Å². The summed E-state index contributed by atoms with van der Waals surface area (Å²) in [5.41, 5.74) is 0. The van der Waals surface area contributed by atoms with Gasteiger partial charge in [-0.25, -0.2) is 0 Å². The molecule has 2 heterocycles. The molecule has 0 N–H and O–H groups in total. The molecule has 4 aliphatic rings. The normalized spacial score (nSPS) is 63.5. The summed E-state index contributed by atoms with van der Waals surface area (Å²) in [5, 5.41) is 9.04. The molecule has 2 aliphatic carbocycles. The van der Waals surface area contributed by atoms with Crippen LogP contribution in [-0.4, -0.2) is 17.6 Å². The summed E-state index contributed by atoms with van der Waals surface area (Å²) in [7, 11) is 0. The minimum absolute atomic E-state index is 0.0750. The highest BCUT2D eigenvalue weighted by Crippen LogP contribution is 2.62. The van der Waals surface area contributed by atoms with Crippen molar-refractivity contribution in [2.75, 3.05) is 0 Å². The van der Waals surface area contributed by atoms with Gasteiger partial charge in [-0.2, -0.15) is 5.26 Å². The lowest BCUT2D eigenvalue weighted by molar-refractivity contribution is 0.0692. The predicted octanol–water partition coefficient (Wildman–Crippen LogP) is 1.95. The third-order valence-corrected chi connectivity index (χ3v) is 5.34. The van der Waals surface area contributed by atoms with Gasteiger partial charge in [-0.3, -0.25) is 0 Å². The van der Waals surface area contributed by atoms with E-state index >= 15 is 0 Å². The van der Waals surface area contributed by atoms with Crippen LogP contribution in [0.5, 0.6) is 0 Å². The largest absolute Gasteiger partial charge is 0.371 e. The Labute approximate surface area is 93.9 Å². The van der Waals surface area contributed by atoms with Gasteiger partial charge in [-0.15, -0.1) is 11.6 Å². The molecule has 0 radical (unpaired) electrons. The van der Waals surface area contributed by atoms with Gasteiger partial charge >= 0.3 is 0 Å². The fraction of sp³-hybridized carbons (Fsp3) is 0.750. The number of alkyl halides is 1. The molecule has 15 heavy (non-hydrogen) atoms. The van der Waals surface area contributed by atoms with Crippen molar-refractivity contribution in [1.29, 1.82) is 5.26 Å². The molecule has 4 bridgehead atoms. The number of hydrogen-bond acceptors (Lipinski definition) is 2. The highest BCUT2D eigenvalue weighted by Gasteiger charge is 2.66. The zero-order valence-corrected chi connectivity index (χ0v) is 8.97. The molecule has 8 atom stereocenters. The van der Waals surface area contributed by atoms with E-state index in [-0.39, 0.29) is 23.5 Å². The van der Waals surface area contributed by atoms with Crippen LogP contribution in [0.4, 0.5) is 0 Å². The number of ether oxygens (including phenoxy) is 1. The first-order valence-electron chi connectivity index (χ1n) is 5.69. The van der Waals surface area contributed by atoms with Crippen LogP contribution in [0.15, 0.2) is 12.2 Å². The van der Waals surface area contributed by atoms with Gasteiger partial charge in [0.15, 0.2) is 0 Å². The van der Waals surface area contributed by atoms with Crippen molar-refractivity contribution in [3.8, 4) is 6.07 Å². The van der Waals surface area contributed by atoms with Crippen molar-refractivity contribution >= 4 is 11.6 Å². The molecule has 2 saturated heterocycles. The highest BCUT2D eigenvalue weighted by molar-refractivity contribution is 6.21. The summed E-state index contributed by atoms with van der Waals surface area (Å²) in [5.74, 6) is 2.46. The van der Waals surface area contributed by atoms with Gasteiger partial charge in [0.25, 0.3) is 0 Å². The molecular weight excluding hydrogens is 210 g/mol. The maximum absolute atomic E-state index is 9.12. The van der Waals surface area contributed by atoms with Gasteiger partial charge in [0, 0.05) is 0 Å². The molecule has 0 aromatic rings. The van der Waals surface area contributed by atoms with E-state index in [1.165, 1.54) is 6.42 Å². The minimum atomic E-state index is -0.0781. The Bertz CT molecular complexity index is 388. The first kappa shape index (κ1) is 8.61. The van der Waals surface area contributed by atoms with Gasteiger partial charge in [-0.1, -0.05) is 12.2 Å². The topological polar surface area (TPSA) is 33.0 Å². The molecule has 4 rings (SSSR count). The van der Waals surface area contributed by atoms with Gasteiger partial charge in [-0.05, 0) is 30.1 Å². The van der Waals surface area contributed by atoms with Crippen LogP contribution in [-0.2, 0) is 4.74 Å². The van der Waals surface area contributed by atoms with E-state index in [1.54, 1.807) is 0 Å². The van der Waals surface area contributed by atoms with Gasteiger partial charge < -0.3 is 4.74 Å². The molecule has 3 fully saturated rings. The van der Waals surface area contributed by atoms with Gasteiger partial charge in [0.1, 0.15) is 0 Å². The average molecular weight is 222 g/mol. The molecule has 2 nitrogen and oxygen atoms in total. The van der Waals surface area contributed by atoms with E-state index in [2.05, 4.69) is 18.2 Å². The number of halogens is 1. The standard InChI is InChI=1S/C12H12ClNO/c13-10-7(4-14)11-8-5-1-2-6(3-5)9(8)12(10)15-11/h1-2,5-12H,3H2. The van der Waals surface area contributed by atoms with Crippen molar-refractivity contribution in [2.24, 2.45) is 29.6 Å². The fourth-order valence-corrected chi connectivity index (χ4v) is 4.76. The highest BCUT2D eigenvalue weighted by atomic mass is 35.5. The average Bonchev–Trinajstić information content (AvgIpc) is 2.94. The van der Waals surface area contributed by atoms with Crippen molar-refractivity contribution in [3.63, 3.8) is 0 Å².